The Morgan fingerprint density at radius 2 is 2.25 bits per heavy atom. The molecule has 4 heteroatoms. The molecule has 1 heterocycles. The Bertz CT molecular complexity index is 479. The van der Waals surface area contributed by atoms with Crippen molar-refractivity contribution in [3.8, 4) is 5.69 Å². The Kier molecular flexibility index (Phi) is 3.41. The van der Waals surface area contributed by atoms with Gasteiger partial charge < -0.3 is 5.32 Å². The molecular formula is C12H14BrN3. The number of halogens is 1. The highest BCUT2D eigenvalue weighted by Crippen LogP contribution is 2.17. The molecule has 0 saturated heterocycles. The summed E-state index contributed by atoms with van der Waals surface area (Å²) >= 11 is 3.39. The Morgan fingerprint density at radius 1 is 1.44 bits per heavy atom. The monoisotopic (exact) mass is 279 g/mol. The van der Waals surface area contributed by atoms with Gasteiger partial charge in [-0.2, -0.15) is 5.10 Å². The number of nitrogens with one attached hydrogen (secondary N) is 1. The van der Waals surface area contributed by atoms with Gasteiger partial charge in [-0.15, -0.1) is 0 Å². The van der Waals surface area contributed by atoms with E-state index in [1.807, 2.05) is 30.1 Å². The summed E-state index contributed by atoms with van der Waals surface area (Å²) in [6.07, 6.45) is 3.73. The van der Waals surface area contributed by atoms with Gasteiger partial charge in [0, 0.05) is 12.2 Å². The molecule has 0 amide bonds. The van der Waals surface area contributed by atoms with E-state index in [0.29, 0.717) is 6.04 Å². The Hall–Kier alpha value is -1.13. The molecule has 3 nitrogen and oxygen atoms in total. The summed E-state index contributed by atoms with van der Waals surface area (Å²) in [6.45, 7) is 2.14. The lowest BCUT2D eigenvalue weighted by molar-refractivity contribution is 0.651. The summed E-state index contributed by atoms with van der Waals surface area (Å²) in [7, 11) is 1.96. The molecule has 84 valence electrons. The molecule has 2 aromatic rings. The second-order valence-electron chi connectivity index (χ2n) is 3.71. The van der Waals surface area contributed by atoms with Crippen LogP contribution in [0.2, 0.25) is 0 Å². The second kappa shape index (κ2) is 4.80. The van der Waals surface area contributed by atoms with Crippen LogP contribution in [0, 0.1) is 0 Å². The maximum absolute atomic E-state index is 4.26. The molecule has 1 aromatic heterocycles. The fraction of sp³-hybridized carbons (Fsp3) is 0.250. The Morgan fingerprint density at radius 3 is 2.88 bits per heavy atom. The standard InChI is InChI=1S/C12H14BrN3/c1-9(14-2)10-4-3-5-12(6-10)16-8-11(13)7-15-16/h3-9,14H,1-2H3. The molecule has 1 N–H and O–H groups in total. The normalized spacial score (nSPS) is 12.7. The fourth-order valence-electron chi connectivity index (χ4n) is 1.55. The van der Waals surface area contributed by atoms with Crippen LogP contribution >= 0.6 is 15.9 Å². The molecule has 2 rings (SSSR count). The summed E-state index contributed by atoms with van der Waals surface area (Å²) in [5, 5.41) is 7.49. The summed E-state index contributed by atoms with van der Waals surface area (Å²) in [6, 6.07) is 8.70. The first-order valence-electron chi connectivity index (χ1n) is 5.18. The summed E-state index contributed by atoms with van der Waals surface area (Å²) < 4.78 is 2.84. The van der Waals surface area contributed by atoms with Crippen LogP contribution in [0.3, 0.4) is 0 Å². The van der Waals surface area contributed by atoms with Gasteiger partial charge in [0.05, 0.1) is 16.4 Å². The lowest BCUT2D eigenvalue weighted by Gasteiger charge is -2.11. The van der Waals surface area contributed by atoms with Crippen molar-refractivity contribution < 1.29 is 0 Å². The predicted octanol–water partition coefficient (Wildman–Crippen LogP) is 2.92. The maximum Gasteiger partial charge on any atom is 0.0649 e. The van der Waals surface area contributed by atoms with E-state index in [1.165, 1.54) is 5.56 Å². The molecule has 0 spiro atoms. The van der Waals surface area contributed by atoms with E-state index < -0.39 is 0 Å². The third-order valence-electron chi connectivity index (χ3n) is 2.62. The van der Waals surface area contributed by atoms with Crippen molar-refractivity contribution in [3.05, 3.63) is 46.7 Å². The van der Waals surface area contributed by atoms with Crippen LogP contribution in [0.25, 0.3) is 5.69 Å². The Balaban J connectivity index is 2.36. The zero-order valence-corrected chi connectivity index (χ0v) is 10.9. The van der Waals surface area contributed by atoms with Crippen molar-refractivity contribution in [2.24, 2.45) is 0 Å². The molecule has 0 fully saturated rings. The van der Waals surface area contributed by atoms with Crippen molar-refractivity contribution in [1.82, 2.24) is 15.1 Å². The van der Waals surface area contributed by atoms with Gasteiger partial charge >= 0.3 is 0 Å². The zero-order chi connectivity index (χ0) is 11.5. The first kappa shape index (κ1) is 11.4. The SMILES string of the molecule is CNC(C)c1cccc(-n2cc(Br)cn2)c1. The van der Waals surface area contributed by atoms with Gasteiger partial charge in [0.1, 0.15) is 0 Å². The average molecular weight is 280 g/mol. The van der Waals surface area contributed by atoms with Crippen molar-refractivity contribution in [2.75, 3.05) is 7.05 Å². The highest BCUT2D eigenvalue weighted by atomic mass is 79.9. The lowest BCUT2D eigenvalue weighted by Crippen LogP contribution is -2.12. The van der Waals surface area contributed by atoms with Crippen LogP contribution in [0.4, 0.5) is 0 Å². The van der Waals surface area contributed by atoms with Crippen molar-refractivity contribution in [2.45, 2.75) is 13.0 Å². The maximum atomic E-state index is 4.26. The number of hydrogen-bond acceptors (Lipinski definition) is 2. The molecule has 1 aromatic carbocycles. The van der Waals surface area contributed by atoms with Crippen molar-refractivity contribution >= 4 is 15.9 Å². The molecule has 1 atom stereocenters. The van der Waals surface area contributed by atoms with Gasteiger partial charge in [0.15, 0.2) is 0 Å². The minimum absolute atomic E-state index is 0.346. The number of nitrogens with zero attached hydrogens (tertiary/aromatic N) is 2. The van der Waals surface area contributed by atoms with Crippen molar-refractivity contribution in [1.29, 1.82) is 0 Å². The van der Waals surface area contributed by atoms with Crippen LogP contribution < -0.4 is 5.32 Å². The number of benzene rings is 1. The third kappa shape index (κ3) is 2.33. The van der Waals surface area contributed by atoms with E-state index in [0.717, 1.165) is 10.2 Å². The minimum Gasteiger partial charge on any atom is -0.313 e. The lowest BCUT2D eigenvalue weighted by atomic mass is 10.1. The molecule has 1 unspecified atom stereocenters. The smallest absolute Gasteiger partial charge is 0.0649 e. The number of aromatic nitrogens is 2. The molecule has 0 aliphatic rings. The zero-order valence-electron chi connectivity index (χ0n) is 9.31. The van der Waals surface area contributed by atoms with Gasteiger partial charge in [-0.25, -0.2) is 4.68 Å². The van der Waals surface area contributed by atoms with E-state index >= 15 is 0 Å². The first-order chi connectivity index (χ1) is 7.70. The molecule has 16 heavy (non-hydrogen) atoms. The highest BCUT2D eigenvalue weighted by Gasteiger charge is 2.04. The first-order valence-corrected chi connectivity index (χ1v) is 5.98. The van der Waals surface area contributed by atoms with Crippen LogP contribution in [0.5, 0.6) is 0 Å². The van der Waals surface area contributed by atoms with E-state index in [9.17, 15) is 0 Å². The largest absolute Gasteiger partial charge is 0.313 e. The number of rotatable bonds is 3. The minimum atomic E-state index is 0.346. The quantitative estimate of drug-likeness (QED) is 0.936. The molecule has 0 radical (unpaired) electrons. The van der Waals surface area contributed by atoms with Crippen LogP contribution in [0.15, 0.2) is 41.1 Å². The van der Waals surface area contributed by atoms with Gasteiger partial charge in [0.2, 0.25) is 0 Å². The predicted molar refractivity (Wildman–Crippen MR) is 68.7 cm³/mol. The molecule has 0 aliphatic carbocycles. The van der Waals surface area contributed by atoms with Crippen LogP contribution in [0.1, 0.15) is 18.5 Å². The fourth-order valence-corrected chi connectivity index (χ4v) is 1.83. The Labute approximate surface area is 104 Å². The molecular weight excluding hydrogens is 266 g/mol. The van der Waals surface area contributed by atoms with Gasteiger partial charge in [-0.1, -0.05) is 12.1 Å². The van der Waals surface area contributed by atoms with E-state index in [-0.39, 0.29) is 0 Å². The average Bonchev–Trinajstić information content (AvgIpc) is 2.75. The van der Waals surface area contributed by atoms with Crippen LogP contribution in [-0.4, -0.2) is 16.8 Å². The summed E-state index contributed by atoms with van der Waals surface area (Å²) in [5.74, 6) is 0. The van der Waals surface area contributed by atoms with Gasteiger partial charge in [-0.3, -0.25) is 0 Å². The summed E-state index contributed by atoms with van der Waals surface area (Å²) in [5.41, 5.74) is 2.33. The van der Waals surface area contributed by atoms with E-state index in [4.69, 9.17) is 0 Å². The topological polar surface area (TPSA) is 29.9 Å². The molecule has 0 saturated carbocycles. The molecule has 0 bridgehead atoms. The van der Waals surface area contributed by atoms with E-state index in [2.05, 4.69) is 45.4 Å². The molecule has 0 aliphatic heterocycles. The highest BCUT2D eigenvalue weighted by molar-refractivity contribution is 9.10. The number of hydrogen-bond donors (Lipinski definition) is 1. The van der Waals surface area contributed by atoms with Crippen LogP contribution in [-0.2, 0) is 0 Å². The van der Waals surface area contributed by atoms with Gasteiger partial charge in [-0.05, 0) is 47.6 Å². The van der Waals surface area contributed by atoms with E-state index in [1.54, 1.807) is 6.20 Å². The van der Waals surface area contributed by atoms with Gasteiger partial charge in [0.25, 0.3) is 0 Å². The summed E-state index contributed by atoms with van der Waals surface area (Å²) in [4.78, 5) is 0. The third-order valence-corrected chi connectivity index (χ3v) is 3.03. The second-order valence-corrected chi connectivity index (χ2v) is 4.62. The van der Waals surface area contributed by atoms with Crippen molar-refractivity contribution in [3.63, 3.8) is 0 Å².